The molecule has 1 aromatic carbocycles. The van der Waals surface area contributed by atoms with Crippen LogP contribution in [0.2, 0.25) is 0 Å². The number of nitrogens with two attached hydrogens (primary N) is 1. The second kappa shape index (κ2) is 5.55. The fourth-order valence-electron chi connectivity index (χ4n) is 1.40. The third kappa shape index (κ3) is 3.59. The lowest BCUT2D eigenvalue weighted by atomic mass is 10.1. The van der Waals surface area contributed by atoms with Gasteiger partial charge in [0.05, 0.1) is 5.69 Å². The van der Waals surface area contributed by atoms with E-state index >= 15 is 0 Å². The van der Waals surface area contributed by atoms with Crippen LogP contribution in [0.25, 0.3) is 0 Å². The van der Waals surface area contributed by atoms with Gasteiger partial charge in [0.15, 0.2) is 0 Å². The summed E-state index contributed by atoms with van der Waals surface area (Å²) in [4.78, 5) is 10.7. The van der Waals surface area contributed by atoms with Crippen LogP contribution in [0.4, 0.5) is 5.69 Å². The van der Waals surface area contributed by atoms with Crippen LogP contribution in [0.3, 0.4) is 0 Å². The predicted octanol–water partition coefficient (Wildman–Crippen LogP) is 0.679. The summed E-state index contributed by atoms with van der Waals surface area (Å²) in [5.74, 6) is -0.494. The average molecular weight is 293 g/mol. The summed E-state index contributed by atoms with van der Waals surface area (Å²) in [6, 6.07) is 2.65. The molecule has 0 bridgehead atoms. The first-order chi connectivity index (χ1) is 8.25. The maximum atomic E-state index is 11.0. The van der Waals surface area contributed by atoms with Crippen LogP contribution in [0, 0.1) is 6.92 Å². The molecule has 0 aliphatic heterocycles. The number of amides is 1. The number of aryl methyl sites for hydroxylation is 1. The van der Waals surface area contributed by atoms with Gasteiger partial charge in [0, 0.05) is 6.54 Å². The van der Waals surface area contributed by atoms with E-state index in [2.05, 4.69) is 5.32 Å². The van der Waals surface area contributed by atoms with Crippen LogP contribution in [0.1, 0.15) is 11.1 Å². The lowest BCUT2D eigenvalue weighted by Crippen LogP contribution is -2.24. The van der Waals surface area contributed by atoms with Crippen molar-refractivity contribution in [3.8, 4) is 0 Å². The standard InChI is InChI=1S/C10H13ClN2O4S/c1-6-2-9(18(15,16)17)8(12)3-7(6)5-13-10(14)4-11/h2-3H,4-5,12H2,1H3,(H,13,14)(H,15,16,17). The number of nitrogens with one attached hydrogen (secondary N) is 1. The zero-order valence-electron chi connectivity index (χ0n) is 9.60. The first kappa shape index (κ1) is 14.7. The molecule has 0 aliphatic carbocycles. The van der Waals surface area contributed by atoms with E-state index in [0.29, 0.717) is 11.1 Å². The third-order valence-electron chi connectivity index (χ3n) is 2.34. The van der Waals surface area contributed by atoms with Crippen molar-refractivity contribution in [1.82, 2.24) is 5.32 Å². The molecule has 0 saturated carbocycles. The predicted molar refractivity (Wildman–Crippen MR) is 68.0 cm³/mol. The van der Waals surface area contributed by atoms with Gasteiger partial charge in [-0.3, -0.25) is 9.35 Å². The first-order valence-corrected chi connectivity index (χ1v) is 6.92. The maximum absolute atomic E-state index is 11.0. The van der Waals surface area contributed by atoms with E-state index in [4.69, 9.17) is 21.9 Å². The van der Waals surface area contributed by atoms with Crippen LogP contribution in [0.15, 0.2) is 17.0 Å². The highest BCUT2D eigenvalue weighted by atomic mass is 35.5. The summed E-state index contributed by atoms with van der Waals surface area (Å²) in [5.41, 5.74) is 6.71. The number of benzene rings is 1. The Bertz CT molecular complexity index is 571. The number of nitrogen functional groups attached to an aromatic ring is 1. The smallest absolute Gasteiger partial charge is 0.296 e. The number of carbonyl (C=O) groups is 1. The van der Waals surface area contributed by atoms with Crippen molar-refractivity contribution in [2.45, 2.75) is 18.4 Å². The van der Waals surface area contributed by atoms with E-state index < -0.39 is 10.1 Å². The molecule has 0 aromatic heterocycles. The van der Waals surface area contributed by atoms with Crippen molar-refractivity contribution in [2.75, 3.05) is 11.6 Å². The highest BCUT2D eigenvalue weighted by Gasteiger charge is 2.16. The molecule has 0 unspecified atom stereocenters. The number of hydrogen-bond donors (Lipinski definition) is 3. The minimum Gasteiger partial charge on any atom is -0.398 e. The van der Waals surface area contributed by atoms with Gasteiger partial charge in [0.1, 0.15) is 10.8 Å². The summed E-state index contributed by atoms with van der Waals surface area (Å²) < 4.78 is 31.0. The number of hydrogen-bond acceptors (Lipinski definition) is 4. The van der Waals surface area contributed by atoms with E-state index in [1.807, 2.05) is 0 Å². The lowest BCUT2D eigenvalue weighted by Gasteiger charge is -2.10. The normalized spacial score (nSPS) is 11.3. The Morgan fingerprint density at radius 3 is 2.61 bits per heavy atom. The third-order valence-corrected chi connectivity index (χ3v) is 3.50. The molecule has 100 valence electrons. The second-order valence-corrected chi connectivity index (χ2v) is 5.36. The van der Waals surface area contributed by atoms with Gasteiger partial charge in [0.2, 0.25) is 5.91 Å². The number of rotatable bonds is 4. The SMILES string of the molecule is Cc1cc(S(=O)(=O)O)c(N)cc1CNC(=O)CCl. The lowest BCUT2D eigenvalue weighted by molar-refractivity contribution is -0.118. The van der Waals surface area contributed by atoms with Gasteiger partial charge in [0.25, 0.3) is 10.1 Å². The van der Waals surface area contributed by atoms with Crippen molar-refractivity contribution in [3.05, 3.63) is 23.3 Å². The summed E-state index contributed by atoms with van der Waals surface area (Å²) in [6.45, 7) is 1.84. The highest BCUT2D eigenvalue weighted by Crippen LogP contribution is 2.22. The van der Waals surface area contributed by atoms with Gasteiger partial charge in [-0.05, 0) is 30.2 Å². The second-order valence-electron chi connectivity index (χ2n) is 3.70. The molecule has 6 nitrogen and oxygen atoms in total. The molecule has 0 atom stereocenters. The van der Waals surface area contributed by atoms with Crippen LogP contribution in [-0.4, -0.2) is 24.8 Å². The fourth-order valence-corrected chi connectivity index (χ4v) is 2.18. The van der Waals surface area contributed by atoms with Gasteiger partial charge in [-0.1, -0.05) is 0 Å². The molecule has 0 spiro atoms. The number of alkyl halides is 1. The van der Waals surface area contributed by atoms with Crippen LogP contribution in [0.5, 0.6) is 0 Å². The number of anilines is 1. The van der Waals surface area contributed by atoms with Crippen LogP contribution < -0.4 is 11.1 Å². The van der Waals surface area contributed by atoms with Crippen molar-refractivity contribution in [2.24, 2.45) is 0 Å². The Labute approximate surface area is 110 Å². The van der Waals surface area contributed by atoms with Crippen molar-refractivity contribution in [3.63, 3.8) is 0 Å². The minimum absolute atomic E-state index is 0.0711. The monoisotopic (exact) mass is 292 g/mol. The molecule has 0 radical (unpaired) electrons. The Morgan fingerprint density at radius 2 is 2.11 bits per heavy atom. The fraction of sp³-hybridized carbons (Fsp3) is 0.300. The summed E-state index contributed by atoms with van der Waals surface area (Å²) in [5, 5.41) is 2.54. The van der Waals surface area contributed by atoms with Gasteiger partial charge in [-0.15, -0.1) is 11.6 Å². The molecule has 8 heteroatoms. The van der Waals surface area contributed by atoms with Crippen LogP contribution in [-0.2, 0) is 21.5 Å². The number of halogens is 1. The molecule has 0 saturated heterocycles. The van der Waals surface area contributed by atoms with E-state index in [1.165, 1.54) is 12.1 Å². The molecule has 0 heterocycles. The maximum Gasteiger partial charge on any atom is 0.296 e. The summed E-state index contributed by atoms with van der Waals surface area (Å²) in [7, 11) is -4.34. The summed E-state index contributed by atoms with van der Waals surface area (Å²) in [6.07, 6.45) is 0. The van der Waals surface area contributed by atoms with Gasteiger partial charge in [-0.25, -0.2) is 0 Å². The van der Waals surface area contributed by atoms with Gasteiger partial charge in [-0.2, -0.15) is 8.42 Å². The molecule has 0 fully saturated rings. The molecule has 0 aliphatic rings. The van der Waals surface area contributed by atoms with Crippen molar-refractivity contribution < 1.29 is 17.8 Å². The quantitative estimate of drug-likeness (QED) is 0.429. The van der Waals surface area contributed by atoms with Crippen LogP contribution >= 0.6 is 11.6 Å². The van der Waals surface area contributed by atoms with Gasteiger partial charge < -0.3 is 11.1 Å². The highest BCUT2D eigenvalue weighted by molar-refractivity contribution is 7.86. The van der Waals surface area contributed by atoms with E-state index in [-0.39, 0.29) is 28.9 Å². The minimum atomic E-state index is -4.34. The van der Waals surface area contributed by atoms with E-state index in [1.54, 1.807) is 6.92 Å². The Hall–Kier alpha value is -1.31. The molecule has 1 amide bonds. The van der Waals surface area contributed by atoms with Crippen molar-refractivity contribution in [1.29, 1.82) is 0 Å². The Balaban J connectivity index is 3.05. The van der Waals surface area contributed by atoms with Crippen molar-refractivity contribution >= 4 is 33.3 Å². The molecule has 4 N–H and O–H groups in total. The average Bonchev–Trinajstić information content (AvgIpc) is 2.27. The Kier molecular flexibility index (Phi) is 4.55. The zero-order valence-corrected chi connectivity index (χ0v) is 11.2. The van der Waals surface area contributed by atoms with Gasteiger partial charge >= 0.3 is 0 Å². The first-order valence-electron chi connectivity index (χ1n) is 4.95. The number of carbonyl (C=O) groups excluding carboxylic acids is 1. The molecular weight excluding hydrogens is 280 g/mol. The molecule has 1 aromatic rings. The zero-order chi connectivity index (χ0) is 13.9. The largest absolute Gasteiger partial charge is 0.398 e. The van der Waals surface area contributed by atoms with E-state index in [9.17, 15) is 13.2 Å². The van der Waals surface area contributed by atoms with E-state index in [0.717, 1.165) is 0 Å². The molecule has 18 heavy (non-hydrogen) atoms. The molecular formula is C10H13ClN2O4S. The Morgan fingerprint density at radius 1 is 1.50 bits per heavy atom. The summed E-state index contributed by atoms with van der Waals surface area (Å²) >= 11 is 5.33. The molecule has 1 rings (SSSR count). The topological polar surface area (TPSA) is 109 Å².